The SMILES string of the molecule is Cc1cc(C(=O)NCC2CCC(CNC(=O)O)CC2)cc(-c2ccc(CN)cc2)n1. The first-order valence-electron chi connectivity index (χ1n) is 10.5. The van der Waals surface area contributed by atoms with Gasteiger partial charge in [-0.3, -0.25) is 9.78 Å². The zero-order chi connectivity index (χ0) is 21.5. The van der Waals surface area contributed by atoms with Crippen molar-refractivity contribution in [2.45, 2.75) is 39.2 Å². The summed E-state index contributed by atoms with van der Waals surface area (Å²) in [4.78, 5) is 27.9. The number of hydrogen-bond acceptors (Lipinski definition) is 4. The van der Waals surface area contributed by atoms with Gasteiger partial charge in [-0.15, -0.1) is 0 Å². The predicted octanol–water partition coefficient (Wildman–Crippen LogP) is 3.32. The van der Waals surface area contributed by atoms with Crippen molar-refractivity contribution in [2.75, 3.05) is 13.1 Å². The highest BCUT2D eigenvalue weighted by Crippen LogP contribution is 2.28. The summed E-state index contributed by atoms with van der Waals surface area (Å²) in [5.74, 6) is 0.736. The molecule has 1 aromatic carbocycles. The molecule has 1 saturated carbocycles. The number of nitrogens with two attached hydrogens (primary N) is 1. The number of carboxylic acid groups (broad SMARTS) is 1. The first-order valence-corrected chi connectivity index (χ1v) is 10.5. The van der Waals surface area contributed by atoms with E-state index in [1.807, 2.05) is 43.3 Å². The molecule has 160 valence electrons. The molecule has 1 heterocycles. The molecule has 0 aliphatic heterocycles. The first-order chi connectivity index (χ1) is 14.4. The molecule has 0 saturated heterocycles. The summed E-state index contributed by atoms with van der Waals surface area (Å²) in [5, 5.41) is 14.2. The Morgan fingerprint density at radius 2 is 1.63 bits per heavy atom. The minimum atomic E-state index is -0.966. The average Bonchev–Trinajstić information content (AvgIpc) is 2.76. The molecule has 0 unspecified atom stereocenters. The van der Waals surface area contributed by atoms with E-state index < -0.39 is 6.09 Å². The molecule has 0 bridgehead atoms. The highest BCUT2D eigenvalue weighted by Gasteiger charge is 2.22. The summed E-state index contributed by atoms with van der Waals surface area (Å²) < 4.78 is 0. The summed E-state index contributed by atoms with van der Waals surface area (Å²) in [6.07, 6.45) is 3.00. The van der Waals surface area contributed by atoms with Gasteiger partial charge in [0.2, 0.25) is 0 Å². The number of rotatable bonds is 7. The number of carbonyl (C=O) groups is 2. The van der Waals surface area contributed by atoms with E-state index in [-0.39, 0.29) is 5.91 Å². The third kappa shape index (κ3) is 6.03. The van der Waals surface area contributed by atoms with Crippen molar-refractivity contribution < 1.29 is 14.7 Å². The zero-order valence-electron chi connectivity index (χ0n) is 17.4. The van der Waals surface area contributed by atoms with Crippen molar-refractivity contribution >= 4 is 12.0 Å². The van der Waals surface area contributed by atoms with Crippen LogP contribution in [0.3, 0.4) is 0 Å². The topological polar surface area (TPSA) is 117 Å². The fourth-order valence-electron chi connectivity index (χ4n) is 3.97. The van der Waals surface area contributed by atoms with Gasteiger partial charge in [-0.2, -0.15) is 0 Å². The van der Waals surface area contributed by atoms with Crippen molar-refractivity contribution in [3.05, 3.63) is 53.2 Å². The van der Waals surface area contributed by atoms with Crippen LogP contribution in [0.2, 0.25) is 0 Å². The minimum absolute atomic E-state index is 0.0880. The molecule has 30 heavy (non-hydrogen) atoms. The molecule has 1 aromatic heterocycles. The Kier molecular flexibility index (Phi) is 7.41. The monoisotopic (exact) mass is 410 g/mol. The van der Waals surface area contributed by atoms with Crippen LogP contribution in [-0.2, 0) is 6.54 Å². The van der Waals surface area contributed by atoms with Gasteiger partial charge < -0.3 is 21.5 Å². The second kappa shape index (κ2) is 10.2. The summed E-state index contributed by atoms with van der Waals surface area (Å²) >= 11 is 0. The van der Waals surface area contributed by atoms with Gasteiger partial charge in [0.25, 0.3) is 5.91 Å². The normalized spacial score (nSPS) is 18.6. The van der Waals surface area contributed by atoms with Crippen LogP contribution in [0, 0.1) is 18.8 Å². The number of aryl methyl sites for hydroxylation is 1. The molecule has 7 nitrogen and oxygen atoms in total. The highest BCUT2D eigenvalue weighted by atomic mass is 16.4. The van der Waals surface area contributed by atoms with E-state index in [4.69, 9.17) is 10.8 Å². The number of nitrogens with zero attached hydrogens (tertiary/aromatic N) is 1. The van der Waals surface area contributed by atoms with Crippen LogP contribution in [0.4, 0.5) is 4.79 Å². The lowest BCUT2D eigenvalue weighted by Gasteiger charge is -2.28. The predicted molar refractivity (Wildman–Crippen MR) is 116 cm³/mol. The maximum atomic E-state index is 12.7. The Labute approximate surface area is 177 Å². The van der Waals surface area contributed by atoms with E-state index >= 15 is 0 Å². The lowest BCUT2D eigenvalue weighted by Crippen LogP contribution is -2.34. The third-order valence-corrected chi connectivity index (χ3v) is 5.76. The summed E-state index contributed by atoms with van der Waals surface area (Å²) in [6, 6.07) is 11.5. The van der Waals surface area contributed by atoms with Crippen LogP contribution in [-0.4, -0.2) is 35.2 Å². The summed E-state index contributed by atoms with van der Waals surface area (Å²) in [6.45, 7) is 3.54. The Balaban J connectivity index is 1.55. The average molecular weight is 411 g/mol. The second-order valence-electron chi connectivity index (χ2n) is 8.07. The fraction of sp³-hybridized carbons (Fsp3) is 0.435. The fourth-order valence-corrected chi connectivity index (χ4v) is 3.97. The number of benzene rings is 1. The van der Waals surface area contributed by atoms with Gasteiger partial charge in [-0.1, -0.05) is 24.3 Å². The van der Waals surface area contributed by atoms with Crippen molar-refractivity contribution in [1.29, 1.82) is 0 Å². The van der Waals surface area contributed by atoms with Gasteiger partial charge in [-0.05, 0) is 62.1 Å². The largest absolute Gasteiger partial charge is 0.465 e. The molecule has 5 N–H and O–H groups in total. The number of aromatic nitrogens is 1. The Morgan fingerprint density at radius 3 is 2.20 bits per heavy atom. The van der Waals surface area contributed by atoms with Crippen LogP contribution in [0.5, 0.6) is 0 Å². The number of pyridine rings is 1. The van der Waals surface area contributed by atoms with Crippen LogP contribution < -0.4 is 16.4 Å². The molecule has 0 radical (unpaired) electrons. The third-order valence-electron chi connectivity index (χ3n) is 5.76. The molecule has 0 atom stereocenters. The van der Waals surface area contributed by atoms with Crippen molar-refractivity contribution in [2.24, 2.45) is 17.6 Å². The van der Waals surface area contributed by atoms with E-state index in [1.54, 1.807) is 0 Å². The highest BCUT2D eigenvalue weighted by molar-refractivity contribution is 5.95. The molecule has 3 rings (SSSR count). The molecule has 1 aliphatic rings. The van der Waals surface area contributed by atoms with Crippen LogP contribution in [0.25, 0.3) is 11.3 Å². The van der Waals surface area contributed by atoms with Crippen molar-refractivity contribution in [3.63, 3.8) is 0 Å². The number of carbonyl (C=O) groups excluding carboxylic acids is 1. The van der Waals surface area contributed by atoms with Gasteiger partial charge in [0.15, 0.2) is 0 Å². The molecular weight excluding hydrogens is 380 g/mol. The molecule has 1 aliphatic carbocycles. The smallest absolute Gasteiger partial charge is 0.404 e. The van der Waals surface area contributed by atoms with Gasteiger partial charge in [0.05, 0.1) is 5.69 Å². The van der Waals surface area contributed by atoms with Gasteiger partial charge in [0, 0.05) is 36.5 Å². The Bertz CT molecular complexity index is 875. The molecule has 1 fully saturated rings. The van der Waals surface area contributed by atoms with Crippen LogP contribution in [0.1, 0.15) is 47.3 Å². The molecule has 7 heteroatoms. The lowest BCUT2D eigenvalue weighted by atomic mass is 9.82. The summed E-state index contributed by atoms with van der Waals surface area (Å²) in [5.41, 5.74) is 9.85. The molecule has 2 amide bonds. The van der Waals surface area contributed by atoms with Crippen molar-refractivity contribution in [3.8, 4) is 11.3 Å². The maximum absolute atomic E-state index is 12.7. The zero-order valence-corrected chi connectivity index (χ0v) is 17.4. The Morgan fingerprint density at radius 1 is 1.03 bits per heavy atom. The van der Waals surface area contributed by atoms with E-state index in [2.05, 4.69) is 15.6 Å². The van der Waals surface area contributed by atoms with E-state index in [0.29, 0.717) is 37.0 Å². The molecule has 0 spiro atoms. The summed E-state index contributed by atoms with van der Waals surface area (Å²) in [7, 11) is 0. The van der Waals surface area contributed by atoms with Crippen molar-refractivity contribution in [1.82, 2.24) is 15.6 Å². The van der Waals surface area contributed by atoms with E-state index in [9.17, 15) is 9.59 Å². The molecule has 2 aromatic rings. The number of hydrogen-bond donors (Lipinski definition) is 4. The quantitative estimate of drug-likeness (QED) is 0.559. The minimum Gasteiger partial charge on any atom is -0.465 e. The standard InChI is InChI=1S/C23H30N4O3/c1-15-10-20(11-21(27-15)19-8-6-16(12-24)7-9-19)22(28)25-13-17-2-4-18(5-3-17)14-26-23(29)30/h6-11,17-18,26H,2-5,12-14,24H2,1H3,(H,25,28)(H,29,30). The number of amides is 2. The van der Waals surface area contributed by atoms with Gasteiger partial charge in [0.1, 0.15) is 0 Å². The lowest BCUT2D eigenvalue weighted by molar-refractivity contribution is 0.0940. The Hall–Kier alpha value is -2.93. The van der Waals surface area contributed by atoms with E-state index in [0.717, 1.165) is 48.2 Å². The number of nitrogens with one attached hydrogen (secondary N) is 2. The van der Waals surface area contributed by atoms with Crippen LogP contribution >= 0.6 is 0 Å². The van der Waals surface area contributed by atoms with E-state index in [1.165, 1.54) is 0 Å². The van der Waals surface area contributed by atoms with Crippen LogP contribution in [0.15, 0.2) is 36.4 Å². The molecular formula is C23H30N4O3. The first kappa shape index (κ1) is 21.8. The van der Waals surface area contributed by atoms with Gasteiger partial charge >= 0.3 is 6.09 Å². The van der Waals surface area contributed by atoms with Gasteiger partial charge in [-0.25, -0.2) is 4.79 Å². The maximum Gasteiger partial charge on any atom is 0.404 e. The second-order valence-corrected chi connectivity index (χ2v) is 8.07.